The average Bonchev–Trinajstić information content (AvgIpc) is 3.00. The van der Waals surface area contributed by atoms with Crippen LogP contribution in [0.4, 0.5) is 4.79 Å². The highest BCUT2D eigenvalue weighted by molar-refractivity contribution is 6.09. The van der Waals surface area contributed by atoms with E-state index in [2.05, 4.69) is 10.6 Å². The molecule has 170 valence electrons. The van der Waals surface area contributed by atoms with E-state index in [1.807, 2.05) is 25.1 Å². The Hall–Kier alpha value is -3.59. The molecule has 1 heterocycles. The highest BCUT2D eigenvalue weighted by atomic mass is 16.5. The molecular formula is C23H27N3O6. The SMILES string of the molecule is COc1ccc(C2(C)NC(=O)N(CC(=O)NCC(O)COc3cccc(C)c3)C2=O)cc1. The molecule has 32 heavy (non-hydrogen) atoms. The molecule has 9 nitrogen and oxygen atoms in total. The Morgan fingerprint density at radius 1 is 1.19 bits per heavy atom. The minimum atomic E-state index is -1.29. The summed E-state index contributed by atoms with van der Waals surface area (Å²) in [5, 5.41) is 15.2. The topological polar surface area (TPSA) is 117 Å². The Morgan fingerprint density at radius 2 is 1.91 bits per heavy atom. The quantitative estimate of drug-likeness (QED) is 0.506. The summed E-state index contributed by atoms with van der Waals surface area (Å²) >= 11 is 0. The van der Waals surface area contributed by atoms with E-state index in [1.54, 1.807) is 37.3 Å². The number of carbonyl (C=O) groups excluding carboxylic acids is 3. The molecule has 9 heteroatoms. The van der Waals surface area contributed by atoms with E-state index in [0.717, 1.165) is 10.5 Å². The Kier molecular flexibility index (Phi) is 6.99. The van der Waals surface area contributed by atoms with Gasteiger partial charge in [0.15, 0.2) is 0 Å². The second-order valence-electron chi connectivity index (χ2n) is 7.76. The fourth-order valence-electron chi connectivity index (χ4n) is 3.35. The number of urea groups is 1. The normalized spacial score (nSPS) is 18.8. The Balaban J connectivity index is 1.51. The molecule has 0 saturated carbocycles. The third-order valence-corrected chi connectivity index (χ3v) is 5.21. The van der Waals surface area contributed by atoms with Crippen molar-refractivity contribution in [3.63, 3.8) is 0 Å². The van der Waals surface area contributed by atoms with Gasteiger partial charge < -0.3 is 25.2 Å². The average molecular weight is 441 g/mol. The summed E-state index contributed by atoms with van der Waals surface area (Å²) in [4.78, 5) is 38.4. The fourth-order valence-corrected chi connectivity index (χ4v) is 3.35. The molecule has 2 unspecified atom stereocenters. The van der Waals surface area contributed by atoms with Crippen molar-refractivity contribution in [1.82, 2.24) is 15.5 Å². The number of methoxy groups -OCH3 is 1. The molecule has 3 rings (SSSR count). The maximum atomic E-state index is 12.9. The predicted octanol–water partition coefficient (Wildman–Crippen LogP) is 1.33. The fraction of sp³-hybridized carbons (Fsp3) is 0.348. The molecule has 1 fully saturated rings. The van der Waals surface area contributed by atoms with Gasteiger partial charge in [0.1, 0.15) is 36.3 Å². The molecule has 1 aliphatic heterocycles. The number of hydrogen-bond donors (Lipinski definition) is 3. The summed E-state index contributed by atoms with van der Waals surface area (Å²) in [5.41, 5.74) is 0.314. The van der Waals surface area contributed by atoms with Gasteiger partial charge in [-0.1, -0.05) is 24.3 Å². The first-order valence-corrected chi connectivity index (χ1v) is 10.2. The summed E-state index contributed by atoms with van der Waals surface area (Å²) < 4.78 is 10.6. The van der Waals surface area contributed by atoms with Gasteiger partial charge in [0, 0.05) is 6.54 Å². The van der Waals surface area contributed by atoms with Crippen molar-refractivity contribution in [2.45, 2.75) is 25.5 Å². The molecular weight excluding hydrogens is 414 g/mol. The highest BCUT2D eigenvalue weighted by Gasteiger charge is 2.49. The number of nitrogens with zero attached hydrogens (tertiary/aromatic N) is 1. The van der Waals surface area contributed by atoms with E-state index < -0.39 is 36.0 Å². The lowest BCUT2D eigenvalue weighted by atomic mass is 9.92. The smallest absolute Gasteiger partial charge is 0.325 e. The maximum Gasteiger partial charge on any atom is 0.325 e. The van der Waals surface area contributed by atoms with E-state index in [-0.39, 0.29) is 13.2 Å². The van der Waals surface area contributed by atoms with Gasteiger partial charge in [0.2, 0.25) is 5.91 Å². The monoisotopic (exact) mass is 441 g/mol. The van der Waals surface area contributed by atoms with Crippen LogP contribution in [0.15, 0.2) is 48.5 Å². The van der Waals surface area contributed by atoms with Crippen LogP contribution in [-0.2, 0) is 15.1 Å². The third kappa shape index (κ3) is 5.17. The van der Waals surface area contributed by atoms with Gasteiger partial charge in [-0.3, -0.25) is 14.5 Å². The number of aliphatic hydroxyl groups excluding tert-OH is 1. The molecule has 1 saturated heterocycles. The van der Waals surface area contributed by atoms with Crippen molar-refractivity contribution in [2.24, 2.45) is 0 Å². The second kappa shape index (κ2) is 9.69. The number of aryl methyl sites for hydroxylation is 1. The van der Waals surface area contributed by atoms with E-state index in [9.17, 15) is 19.5 Å². The van der Waals surface area contributed by atoms with Crippen LogP contribution in [0, 0.1) is 6.92 Å². The van der Waals surface area contributed by atoms with Gasteiger partial charge in [0.25, 0.3) is 5.91 Å². The summed E-state index contributed by atoms with van der Waals surface area (Å²) in [6.45, 7) is 2.96. The van der Waals surface area contributed by atoms with Crippen LogP contribution in [0.1, 0.15) is 18.1 Å². The molecule has 3 N–H and O–H groups in total. The molecule has 2 aromatic carbocycles. The zero-order valence-electron chi connectivity index (χ0n) is 18.3. The zero-order chi connectivity index (χ0) is 23.3. The van der Waals surface area contributed by atoms with Gasteiger partial charge in [0.05, 0.1) is 7.11 Å². The number of aliphatic hydroxyl groups is 1. The van der Waals surface area contributed by atoms with Gasteiger partial charge in [-0.15, -0.1) is 0 Å². The third-order valence-electron chi connectivity index (χ3n) is 5.21. The highest BCUT2D eigenvalue weighted by Crippen LogP contribution is 2.29. The first-order valence-electron chi connectivity index (χ1n) is 10.2. The van der Waals surface area contributed by atoms with Crippen molar-refractivity contribution < 1.29 is 29.0 Å². The minimum absolute atomic E-state index is 0.0115. The Bertz CT molecular complexity index is 993. The standard InChI is InChI=1S/C23H27N3O6/c1-15-5-4-6-19(11-15)32-14-17(27)12-24-20(28)13-26-21(29)23(2,25-22(26)30)16-7-9-18(31-3)10-8-16/h4-11,17,27H,12-14H2,1-3H3,(H,24,28)(H,25,30). The lowest BCUT2D eigenvalue weighted by Crippen LogP contribution is -2.45. The number of benzene rings is 2. The van der Waals surface area contributed by atoms with E-state index in [4.69, 9.17) is 9.47 Å². The molecule has 0 aromatic heterocycles. The van der Waals surface area contributed by atoms with E-state index >= 15 is 0 Å². The molecule has 0 bridgehead atoms. The van der Waals surface area contributed by atoms with E-state index in [1.165, 1.54) is 7.11 Å². The summed E-state index contributed by atoms with van der Waals surface area (Å²) in [6.07, 6.45) is -0.952. The van der Waals surface area contributed by atoms with E-state index in [0.29, 0.717) is 17.1 Å². The Morgan fingerprint density at radius 3 is 2.56 bits per heavy atom. The van der Waals surface area contributed by atoms with Gasteiger partial charge in [-0.05, 0) is 49.2 Å². The molecule has 2 aromatic rings. The van der Waals surface area contributed by atoms with Gasteiger partial charge >= 0.3 is 6.03 Å². The second-order valence-corrected chi connectivity index (χ2v) is 7.76. The van der Waals surface area contributed by atoms with Crippen molar-refractivity contribution in [1.29, 1.82) is 0 Å². The number of nitrogens with one attached hydrogen (secondary N) is 2. The number of ether oxygens (including phenoxy) is 2. The van der Waals surface area contributed by atoms with Crippen LogP contribution in [0.3, 0.4) is 0 Å². The minimum Gasteiger partial charge on any atom is -0.497 e. The van der Waals surface area contributed by atoms with Crippen molar-refractivity contribution in [3.8, 4) is 11.5 Å². The maximum absolute atomic E-state index is 12.9. The number of amides is 4. The summed E-state index contributed by atoms with van der Waals surface area (Å²) in [5.74, 6) is 0.135. The number of rotatable bonds is 9. The first kappa shape index (κ1) is 23.1. The van der Waals surface area contributed by atoms with Crippen molar-refractivity contribution in [3.05, 3.63) is 59.7 Å². The summed E-state index contributed by atoms with van der Waals surface area (Å²) in [7, 11) is 1.53. The van der Waals surface area contributed by atoms with Crippen LogP contribution >= 0.6 is 0 Å². The summed E-state index contributed by atoms with van der Waals surface area (Å²) in [6, 6.07) is 13.5. The van der Waals surface area contributed by atoms with Gasteiger partial charge in [-0.25, -0.2) is 4.79 Å². The zero-order valence-corrected chi connectivity index (χ0v) is 18.3. The lowest BCUT2D eigenvalue weighted by molar-refractivity contribution is -0.134. The molecule has 0 radical (unpaired) electrons. The first-order chi connectivity index (χ1) is 15.2. The van der Waals surface area contributed by atoms with Crippen LogP contribution in [-0.4, -0.2) is 60.8 Å². The number of imide groups is 1. The number of carbonyl (C=O) groups is 3. The van der Waals surface area contributed by atoms with Crippen LogP contribution in [0.2, 0.25) is 0 Å². The number of hydrogen-bond acceptors (Lipinski definition) is 6. The molecule has 4 amide bonds. The lowest BCUT2D eigenvalue weighted by Gasteiger charge is -2.22. The van der Waals surface area contributed by atoms with Gasteiger partial charge in [-0.2, -0.15) is 0 Å². The largest absolute Gasteiger partial charge is 0.497 e. The van der Waals surface area contributed by atoms with Crippen molar-refractivity contribution >= 4 is 17.8 Å². The molecule has 1 aliphatic rings. The molecule has 0 aliphatic carbocycles. The van der Waals surface area contributed by atoms with Crippen LogP contribution in [0.5, 0.6) is 11.5 Å². The van der Waals surface area contributed by atoms with Crippen LogP contribution in [0.25, 0.3) is 0 Å². The predicted molar refractivity (Wildman–Crippen MR) is 116 cm³/mol. The Labute approximate surface area is 186 Å². The molecule has 2 atom stereocenters. The van der Waals surface area contributed by atoms with Crippen molar-refractivity contribution in [2.75, 3.05) is 26.8 Å². The molecule has 0 spiro atoms. The van der Waals surface area contributed by atoms with Crippen LogP contribution < -0.4 is 20.1 Å².